The van der Waals surface area contributed by atoms with Gasteiger partial charge in [-0.3, -0.25) is 0 Å². The lowest BCUT2D eigenvalue weighted by atomic mass is 10.0. The minimum Gasteiger partial charge on any atom is -0.455 e. The Labute approximate surface area is 241 Å². The van der Waals surface area contributed by atoms with Crippen molar-refractivity contribution in [2.75, 3.05) is 0 Å². The Kier molecular flexibility index (Phi) is 4.90. The molecule has 0 radical (unpaired) electrons. The minimum absolute atomic E-state index is 0.904. The topological polar surface area (TPSA) is 31.0 Å². The average Bonchev–Trinajstić information content (AvgIpc) is 3.59. The molecule has 196 valence electrons. The molecule has 3 heterocycles. The molecule has 0 fully saturated rings. The first-order valence-electron chi connectivity index (χ1n) is 14.2. The maximum absolute atomic E-state index is 6.57. The largest absolute Gasteiger partial charge is 0.455 e. The molecule has 0 bridgehead atoms. The summed E-state index contributed by atoms with van der Waals surface area (Å²) >= 11 is 0. The molecule has 0 N–H and O–H groups in total. The van der Waals surface area contributed by atoms with Gasteiger partial charge < -0.3 is 8.98 Å². The van der Waals surface area contributed by atoms with Crippen LogP contribution in [0.2, 0.25) is 0 Å². The van der Waals surface area contributed by atoms with Crippen LogP contribution in [0.3, 0.4) is 0 Å². The average molecular weight is 537 g/mol. The van der Waals surface area contributed by atoms with Crippen LogP contribution in [0.1, 0.15) is 0 Å². The van der Waals surface area contributed by atoms with E-state index >= 15 is 0 Å². The number of furan rings is 1. The first kappa shape index (κ1) is 23.1. The van der Waals surface area contributed by atoms with Crippen LogP contribution in [0, 0.1) is 0 Å². The Bertz CT molecular complexity index is 2390. The van der Waals surface area contributed by atoms with E-state index in [1.807, 2.05) is 12.1 Å². The SMILES string of the molecule is c1ccc(-c2cc(-n3c4ccccc4c4cc5oc6c7ccccc7ccc6c5cc43)cc(-c3ccccc3)n2)cc1. The maximum Gasteiger partial charge on any atom is 0.143 e. The van der Waals surface area contributed by atoms with Crippen molar-refractivity contribution in [3.8, 4) is 28.2 Å². The zero-order valence-corrected chi connectivity index (χ0v) is 22.7. The van der Waals surface area contributed by atoms with E-state index in [-0.39, 0.29) is 0 Å². The van der Waals surface area contributed by atoms with Gasteiger partial charge in [-0.05, 0) is 41.8 Å². The van der Waals surface area contributed by atoms with Crippen LogP contribution in [-0.2, 0) is 0 Å². The van der Waals surface area contributed by atoms with Crippen molar-refractivity contribution in [2.45, 2.75) is 0 Å². The molecular weight excluding hydrogens is 512 g/mol. The van der Waals surface area contributed by atoms with Gasteiger partial charge in [0.2, 0.25) is 0 Å². The molecule has 0 atom stereocenters. The molecule has 0 unspecified atom stereocenters. The number of nitrogens with zero attached hydrogens (tertiary/aromatic N) is 2. The molecule has 3 aromatic heterocycles. The summed E-state index contributed by atoms with van der Waals surface area (Å²) in [7, 11) is 0. The monoisotopic (exact) mass is 536 g/mol. The standard InChI is InChI=1S/C39H24N2O/c1-3-12-26(13-4-1)34-21-28(22-35(40-34)27-14-5-2-6-15-27)41-36-18-10-9-17-30(36)32-24-38-33(23-37(32)41)31-20-19-25-11-7-8-16-29(25)39(31)42-38/h1-24H. The highest BCUT2D eigenvalue weighted by Gasteiger charge is 2.18. The number of hydrogen-bond acceptors (Lipinski definition) is 2. The van der Waals surface area contributed by atoms with Crippen LogP contribution in [0.4, 0.5) is 0 Å². The third-order valence-electron chi connectivity index (χ3n) is 8.36. The Morgan fingerprint density at radius 3 is 1.83 bits per heavy atom. The summed E-state index contributed by atoms with van der Waals surface area (Å²) in [5.74, 6) is 0. The summed E-state index contributed by atoms with van der Waals surface area (Å²) in [5.41, 5.74) is 9.28. The summed E-state index contributed by atoms with van der Waals surface area (Å²) in [5, 5.41) is 6.93. The highest BCUT2D eigenvalue weighted by molar-refractivity contribution is 6.20. The van der Waals surface area contributed by atoms with E-state index < -0.39 is 0 Å². The molecule has 9 aromatic rings. The third kappa shape index (κ3) is 3.44. The fraction of sp³-hybridized carbons (Fsp3) is 0. The van der Waals surface area contributed by atoms with Gasteiger partial charge >= 0.3 is 0 Å². The molecule has 3 nitrogen and oxygen atoms in total. The second-order valence-electron chi connectivity index (χ2n) is 10.8. The molecule has 42 heavy (non-hydrogen) atoms. The van der Waals surface area contributed by atoms with Gasteiger partial charge in [0, 0.05) is 38.1 Å². The molecule has 0 saturated heterocycles. The summed E-state index contributed by atoms with van der Waals surface area (Å²) in [6.07, 6.45) is 0. The van der Waals surface area contributed by atoms with Gasteiger partial charge in [0.25, 0.3) is 0 Å². The van der Waals surface area contributed by atoms with E-state index in [2.05, 4.69) is 138 Å². The Balaban J connectivity index is 1.39. The molecule has 3 heteroatoms. The highest BCUT2D eigenvalue weighted by Crippen LogP contribution is 2.40. The van der Waals surface area contributed by atoms with Crippen molar-refractivity contribution >= 4 is 54.5 Å². The van der Waals surface area contributed by atoms with Crippen LogP contribution in [0.15, 0.2) is 150 Å². The quantitative estimate of drug-likeness (QED) is 0.225. The van der Waals surface area contributed by atoms with E-state index in [0.717, 1.165) is 66.6 Å². The molecule has 6 aromatic carbocycles. The molecule has 0 saturated carbocycles. The van der Waals surface area contributed by atoms with Gasteiger partial charge in [-0.25, -0.2) is 4.98 Å². The fourth-order valence-electron chi connectivity index (χ4n) is 6.40. The van der Waals surface area contributed by atoms with Crippen molar-refractivity contribution < 1.29 is 4.42 Å². The first-order chi connectivity index (χ1) is 20.8. The number of hydrogen-bond donors (Lipinski definition) is 0. The third-order valence-corrected chi connectivity index (χ3v) is 8.36. The Hall–Kier alpha value is -5.67. The smallest absolute Gasteiger partial charge is 0.143 e. The van der Waals surface area contributed by atoms with Crippen molar-refractivity contribution in [1.29, 1.82) is 0 Å². The summed E-state index contributed by atoms with van der Waals surface area (Å²) < 4.78 is 8.95. The van der Waals surface area contributed by atoms with Gasteiger partial charge in [-0.15, -0.1) is 0 Å². The van der Waals surface area contributed by atoms with Crippen LogP contribution in [-0.4, -0.2) is 9.55 Å². The second kappa shape index (κ2) is 8.92. The van der Waals surface area contributed by atoms with Gasteiger partial charge in [-0.2, -0.15) is 0 Å². The van der Waals surface area contributed by atoms with Crippen LogP contribution < -0.4 is 0 Å². The molecule has 9 rings (SSSR count). The molecular formula is C39H24N2O. The number of rotatable bonds is 3. The highest BCUT2D eigenvalue weighted by atomic mass is 16.3. The van der Waals surface area contributed by atoms with Crippen LogP contribution in [0.5, 0.6) is 0 Å². The normalized spacial score (nSPS) is 11.8. The summed E-state index contributed by atoms with van der Waals surface area (Å²) in [6.45, 7) is 0. The number of aromatic nitrogens is 2. The molecule has 0 aliphatic heterocycles. The molecule has 0 spiro atoms. The first-order valence-corrected chi connectivity index (χ1v) is 14.2. The minimum atomic E-state index is 0.904. The van der Waals surface area contributed by atoms with Gasteiger partial charge in [0.1, 0.15) is 11.2 Å². The molecule has 0 aliphatic carbocycles. The van der Waals surface area contributed by atoms with Crippen LogP contribution >= 0.6 is 0 Å². The van der Waals surface area contributed by atoms with Crippen LogP contribution in [0.25, 0.3) is 82.7 Å². The van der Waals surface area contributed by atoms with Gasteiger partial charge in [0.15, 0.2) is 0 Å². The summed E-state index contributed by atoms with van der Waals surface area (Å²) in [4.78, 5) is 5.13. The number of fused-ring (bicyclic) bond motifs is 8. The van der Waals surface area contributed by atoms with E-state index in [9.17, 15) is 0 Å². The predicted octanol–water partition coefficient (Wildman–Crippen LogP) is 10.6. The van der Waals surface area contributed by atoms with Crippen molar-refractivity contribution in [2.24, 2.45) is 0 Å². The lowest BCUT2D eigenvalue weighted by Gasteiger charge is -2.13. The fourth-order valence-corrected chi connectivity index (χ4v) is 6.40. The van der Waals surface area contributed by atoms with Crippen molar-refractivity contribution in [3.63, 3.8) is 0 Å². The van der Waals surface area contributed by atoms with E-state index in [4.69, 9.17) is 9.40 Å². The Morgan fingerprint density at radius 1 is 0.452 bits per heavy atom. The molecule has 0 amide bonds. The number of para-hydroxylation sites is 1. The predicted molar refractivity (Wildman–Crippen MR) is 174 cm³/mol. The number of pyridine rings is 1. The van der Waals surface area contributed by atoms with E-state index in [1.54, 1.807) is 0 Å². The second-order valence-corrected chi connectivity index (χ2v) is 10.8. The summed E-state index contributed by atoms with van der Waals surface area (Å²) in [6, 6.07) is 51.2. The zero-order chi connectivity index (χ0) is 27.6. The molecule has 0 aliphatic rings. The lowest BCUT2D eigenvalue weighted by molar-refractivity contribution is 0.673. The zero-order valence-electron chi connectivity index (χ0n) is 22.7. The van der Waals surface area contributed by atoms with Crippen molar-refractivity contribution in [1.82, 2.24) is 9.55 Å². The Morgan fingerprint density at radius 2 is 1.10 bits per heavy atom. The van der Waals surface area contributed by atoms with Gasteiger partial charge in [0.05, 0.1) is 28.1 Å². The van der Waals surface area contributed by atoms with Gasteiger partial charge in [-0.1, -0.05) is 109 Å². The number of benzene rings is 6. The maximum atomic E-state index is 6.57. The van der Waals surface area contributed by atoms with E-state index in [1.165, 1.54) is 16.2 Å². The van der Waals surface area contributed by atoms with Crippen molar-refractivity contribution in [3.05, 3.63) is 146 Å². The van der Waals surface area contributed by atoms with E-state index in [0.29, 0.717) is 0 Å². The lowest BCUT2D eigenvalue weighted by Crippen LogP contribution is -1.98.